The quantitative estimate of drug-likeness (QED) is 0.382. The van der Waals surface area contributed by atoms with Gasteiger partial charge in [-0.25, -0.2) is 0 Å². The summed E-state index contributed by atoms with van der Waals surface area (Å²) in [5.74, 6) is -0.352. The fourth-order valence-electron chi connectivity index (χ4n) is 2.86. The normalized spacial score (nSPS) is 10.3. The minimum Gasteiger partial charge on any atom is -0.385 e. The van der Waals surface area contributed by atoms with Crippen LogP contribution in [0.4, 0.5) is 17.1 Å². The van der Waals surface area contributed by atoms with Crippen LogP contribution in [0.3, 0.4) is 0 Å². The van der Waals surface area contributed by atoms with Gasteiger partial charge in [-0.3, -0.25) is 19.7 Å². The SMILES string of the molecule is Cc1cccc(C)c1NC(=O)CN(C)C(=O)CCCNc1ccc([N+](=O)[O-])cc1. The van der Waals surface area contributed by atoms with Crippen molar-refractivity contribution in [3.05, 3.63) is 63.7 Å². The number of aryl methyl sites for hydroxylation is 2. The topological polar surface area (TPSA) is 105 Å². The zero-order valence-corrected chi connectivity index (χ0v) is 16.9. The summed E-state index contributed by atoms with van der Waals surface area (Å²) in [7, 11) is 1.61. The fraction of sp³-hybridized carbons (Fsp3) is 0.333. The molecule has 2 aromatic carbocycles. The molecule has 8 heteroatoms. The zero-order valence-electron chi connectivity index (χ0n) is 16.9. The number of non-ortho nitro benzene ring substituents is 1. The van der Waals surface area contributed by atoms with Crippen LogP contribution in [0.1, 0.15) is 24.0 Å². The number of amides is 2. The lowest BCUT2D eigenvalue weighted by atomic mass is 10.1. The lowest BCUT2D eigenvalue weighted by Gasteiger charge is -2.18. The number of hydrogen-bond acceptors (Lipinski definition) is 5. The van der Waals surface area contributed by atoms with Crippen molar-refractivity contribution in [3.63, 3.8) is 0 Å². The third-order valence-corrected chi connectivity index (χ3v) is 4.53. The number of nitrogens with zero attached hydrogens (tertiary/aromatic N) is 2. The number of carbonyl (C=O) groups excluding carboxylic acids is 2. The molecule has 2 N–H and O–H groups in total. The summed E-state index contributed by atoms with van der Waals surface area (Å²) in [6, 6.07) is 11.9. The van der Waals surface area contributed by atoms with E-state index in [-0.39, 0.29) is 24.0 Å². The average Bonchev–Trinajstić information content (AvgIpc) is 2.68. The van der Waals surface area contributed by atoms with Gasteiger partial charge in [-0.2, -0.15) is 0 Å². The summed E-state index contributed by atoms with van der Waals surface area (Å²) in [6.45, 7) is 4.39. The number of para-hydroxylation sites is 1. The van der Waals surface area contributed by atoms with Gasteiger partial charge < -0.3 is 15.5 Å². The van der Waals surface area contributed by atoms with E-state index in [9.17, 15) is 19.7 Å². The van der Waals surface area contributed by atoms with Crippen molar-refractivity contribution in [2.45, 2.75) is 26.7 Å². The molecule has 0 bridgehead atoms. The number of carbonyl (C=O) groups is 2. The first-order chi connectivity index (χ1) is 13.8. The van der Waals surface area contributed by atoms with Crippen molar-refractivity contribution in [1.29, 1.82) is 0 Å². The van der Waals surface area contributed by atoms with Crippen LogP contribution in [0.25, 0.3) is 0 Å². The van der Waals surface area contributed by atoms with E-state index in [0.717, 1.165) is 22.5 Å². The number of benzene rings is 2. The molecule has 0 unspecified atom stereocenters. The predicted molar refractivity (Wildman–Crippen MR) is 113 cm³/mol. The molecule has 0 fully saturated rings. The maximum Gasteiger partial charge on any atom is 0.269 e. The van der Waals surface area contributed by atoms with Crippen molar-refractivity contribution in [1.82, 2.24) is 4.90 Å². The Kier molecular flexibility index (Phi) is 7.70. The Balaban J connectivity index is 1.73. The fourth-order valence-corrected chi connectivity index (χ4v) is 2.86. The summed E-state index contributed by atoms with van der Waals surface area (Å²) >= 11 is 0. The van der Waals surface area contributed by atoms with E-state index < -0.39 is 4.92 Å². The third kappa shape index (κ3) is 6.60. The highest BCUT2D eigenvalue weighted by molar-refractivity contribution is 5.95. The van der Waals surface area contributed by atoms with Gasteiger partial charge in [0, 0.05) is 43.5 Å². The Bertz CT molecular complexity index is 860. The van der Waals surface area contributed by atoms with Gasteiger partial charge in [0.1, 0.15) is 0 Å². The molecule has 2 aromatic rings. The second-order valence-corrected chi connectivity index (χ2v) is 6.90. The minimum atomic E-state index is -0.450. The average molecular weight is 398 g/mol. The third-order valence-electron chi connectivity index (χ3n) is 4.53. The van der Waals surface area contributed by atoms with Gasteiger partial charge in [0.25, 0.3) is 5.69 Å². The minimum absolute atomic E-state index is 0.0115. The van der Waals surface area contributed by atoms with E-state index >= 15 is 0 Å². The molecule has 0 aliphatic heterocycles. The van der Waals surface area contributed by atoms with Crippen LogP contribution in [0.15, 0.2) is 42.5 Å². The molecular formula is C21H26N4O4. The molecule has 2 rings (SSSR count). The van der Waals surface area contributed by atoms with E-state index in [4.69, 9.17) is 0 Å². The van der Waals surface area contributed by atoms with Crippen molar-refractivity contribution in [3.8, 4) is 0 Å². The van der Waals surface area contributed by atoms with Crippen molar-refractivity contribution in [2.24, 2.45) is 0 Å². The van der Waals surface area contributed by atoms with E-state index in [1.807, 2.05) is 32.0 Å². The summed E-state index contributed by atoms with van der Waals surface area (Å²) in [5, 5.41) is 16.6. The molecule has 154 valence electrons. The highest BCUT2D eigenvalue weighted by Crippen LogP contribution is 2.19. The largest absolute Gasteiger partial charge is 0.385 e. The highest BCUT2D eigenvalue weighted by Gasteiger charge is 2.14. The zero-order chi connectivity index (χ0) is 21.4. The molecule has 0 spiro atoms. The maximum absolute atomic E-state index is 12.3. The first-order valence-corrected chi connectivity index (χ1v) is 9.36. The smallest absolute Gasteiger partial charge is 0.269 e. The number of nitro groups is 1. The van der Waals surface area contributed by atoms with Gasteiger partial charge in [0.05, 0.1) is 11.5 Å². The van der Waals surface area contributed by atoms with Gasteiger partial charge in [0.15, 0.2) is 0 Å². The van der Waals surface area contributed by atoms with Crippen LogP contribution in [0, 0.1) is 24.0 Å². The van der Waals surface area contributed by atoms with Gasteiger partial charge >= 0.3 is 0 Å². The van der Waals surface area contributed by atoms with Gasteiger partial charge in [-0.05, 0) is 43.5 Å². The molecule has 0 saturated heterocycles. The Hall–Kier alpha value is -3.42. The second-order valence-electron chi connectivity index (χ2n) is 6.90. The van der Waals surface area contributed by atoms with Gasteiger partial charge in [-0.15, -0.1) is 0 Å². The van der Waals surface area contributed by atoms with E-state index in [1.54, 1.807) is 19.2 Å². The van der Waals surface area contributed by atoms with Crippen LogP contribution in [0.5, 0.6) is 0 Å². The molecule has 0 heterocycles. The standard InChI is InChI=1S/C21H26N4O4/c1-15-6-4-7-16(2)21(15)23-19(26)14-24(3)20(27)8-5-13-22-17-9-11-18(12-10-17)25(28)29/h4,6-7,9-12,22H,5,8,13-14H2,1-3H3,(H,23,26). The Morgan fingerprint density at radius 3 is 2.28 bits per heavy atom. The van der Waals surface area contributed by atoms with E-state index in [2.05, 4.69) is 10.6 Å². The summed E-state index contributed by atoms with van der Waals surface area (Å²) in [4.78, 5) is 36.1. The van der Waals surface area contributed by atoms with Crippen LogP contribution in [-0.4, -0.2) is 41.8 Å². The van der Waals surface area contributed by atoms with Crippen LogP contribution >= 0.6 is 0 Å². The number of nitrogens with one attached hydrogen (secondary N) is 2. The van der Waals surface area contributed by atoms with Gasteiger partial charge in [-0.1, -0.05) is 18.2 Å². The highest BCUT2D eigenvalue weighted by atomic mass is 16.6. The molecular weight excluding hydrogens is 372 g/mol. The van der Waals surface area contributed by atoms with Crippen molar-refractivity contribution < 1.29 is 14.5 Å². The van der Waals surface area contributed by atoms with Crippen molar-refractivity contribution >= 4 is 28.9 Å². The Morgan fingerprint density at radius 2 is 1.69 bits per heavy atom. The summed E-state index contributed by atoms with van der Waals surface area (Å²) < 4.78 is 0. The Labute approximate surface area is 170 Å². The lowest BCUT2D eigenvalue weighted by Crippen LogP contribution is -2.35. The molecule has 0 radical (unpaired) electrons. The molecule has 0 atom stereocenters. The molecule has 0 saturated carbocycles. The molecule has 2 amide bonds. The molecule has 0 aliphatic rings. The lowest BCUT2D eigenvalue weighted by molar-refractivity contribution is -0.384. The molecule has 29 heavy (non-hydrogen) atoms. The van der Waals surface area contributed by atoms with Crippen LogP contribution in [-0.2, 0) is 9.59 Å². The van der Waals surface area contributed by atoms with E-state index in [1.165, 1.54) is 17.0 Å². The molecule has 0 aromatic heterocycles. The predicted octanol–water partition coefficient (Wildman–Crippen LogP) is 3.50. The summed E-state index contributed by atoms with van der Waals surface area (Å²) in [6.07, 6.45) is 0.881. The maximum atomic E-state index is 12.3. The first-order valence-electron chi connectivity index (χ1n) is 9.36. The van der Waals surface area contributed by atoms with Gasteiger partial charge in [0.2, 0.25) is 11.8 Å². The van der Waals surface area contributed by atoms with E-state index in [0.29, 0.717) is 19.4 Å². The first kappa shape index (κ1) is 21.9. The Morgan fingerprint density at radius 1 is 1.07 bits per heavy atom. The number of nitro benzene ring substituents is 1. The van der Waals surface area contributed by atoms with Crippen LogP contribution in [0.2, 0.25) is 0 Å². The van der Waals surface area contributed by atoms with Crippen molar-refractivity contribution in [2.75, 3.05) is 30.8 Å². The summed E-state index contributed by atoms with van der Waals surface area (Å²) in [5.41, 5.74) is 3.52. The number of anilines is 2. The number of rotatable bonds is 9. The molecule has 0 aliphatic carbocycles. The number of likely N-dealkylation sites (N-methyl/N-ethyl adjacent to an activating group) is 1. The monoisotopic (exact) mass is 398 g/mol. The number of hydrogen-bond donors (Lipinski definition) is 2. The second kappa shape index (κ2) is 10.2. The molecule has 8 nitrogen and oxygen atoms in total. The van der Waals surface area contributed by atoms with Crippen LogP contribution < -0.4 is 10.6 Å².